The summed E-state index contributed by atoms with van der Waals surface area (Å²) in [5.74, 6) is -0.0214. The lowest BCUT2D eigenvalue weighted by Crippen LogP contribution is -2.49. The first-order valence-electron chi connectivity index (χ1n) is 6.36. The van der Waals surface area contributed by atoms with E-state index in [1.165, 1.54) is 12.4 Å². The molecule has 8 heteroatoms. The maximum atomic E-state index is 12.1. The molecule has 0 spiro atoms. The second-order valence-corrected chi connectivity index (χ2v) is 6.60. The van der Waals surface area contributed by atoms with E-state index in [9.17, 15) is 8.42 Å². The largest absolute Gasteiger partial charge is 0.386 e. The molecule has 1 aromatic rings. The SMILES string of the molecule is N=C(N)C(NS(=O)(=O)c1cn[nH]c1)C1CCCCC1. The summed E-state index contributed by atoms with van der Waals surface area (Å²) in [4.78, 5) is 0.0644. The number of amidine groups is 1. The molecule has 1 aliphatic carbocycles. The fourth-order valence-electron chi connectivity index (χ4n) is 2.50. The molecule has 0 aromatic carbocycles. The van der Waals surface area contributed by atoms with Crippen LogP contribution < -0.4 is 10.5 Å². The van der Waals surface area contributed by atoms with E-state index in [2.05, 4.69) is 14.9 Å². The normalized spacial score (nSPS) is 19.2. The van der Waals surface area contributed by atoms with Crippen LogP contribution in [0, 0.1) is 11.3 Å². The highest BCUT2D eigenvalue weighted by molar-refractivity contribution is 7.89. The maximum absolute atomic E-state index is 12.1. The highest BCUT2D eigenvalue weighted by Crippen LogP contribution is 2.27. The number of rotatable bonds is 5. The van der Waals surface area contributed by atoms with Gasteiger partial charge in [0.25, 0.3) is 0 Å². The minimum absolute atomic E-state index is 0.0644. The van der Waals surface area contributed by atoms with Crippen LogP contribution in [0.2, 0.25) is 0 Å². The predicted molar refractivity (Wildman–Crippen MR) is 71.2 cm³/mol. The first kappa shape index (κ1) is 14.0. The van der Waals surface area contributed by atoms with Crippen molar-refractivity contribution in [2.75, 3.05) is 0 Å². The summed E-state index contributed by atoms with van der Waals surface area (Å²) in [5.41, 5.74) is 5.56. The highest BCUT2D eigenvalue weighted by atomic mass is 32.2. The zero-order valence-corrected chi connectivity index (χ0v) is 11.4. The Morgan fingerprint density at radius 1 is 1.47 bits per heavy atom. The summed E-state index contributed by atoms with van der Waals surface area (Å²) >= 11 is 0. The molecule has 1 aromatic heterocycles. The van der Waals surface area contributed by atoms with Crippen LogP contribution in [0.25, 0.3) is 0 Å². The van der Waals surface area contributed by atoms with E-state index >= 15 is 0 Å². The van der Waals surface area contributed by atoms with Gasteiger partial charge in [-0.25, -0.2) is 13.1 Å². The fourth-order valence-corrected chi connectivity index (χ4v) is 3.69. The van der Waals surface area contributed by atoms with E-state index < -0.39 is 16.1 Å². The lowest BCUT2D eigenvalue weighted by atomic mass is 9.84. The number of nitrogens with zero attached hydrogens (tertiary/aromatic N) is 1. The van der Waals surface area contributed by atoms with Gasteiger partial charge in [0.15, 0.2) is 0 Å². The van der Waals surface area contributed by atoms with Crippen LogP contribution >= 0.6 is 0 Å². The van der Waals surface area contributed by atoms with Crippen LogP contribution in [0.5, 0.6) is 0 Å². The zero-order chi connectivity index (χ0) is 13.9. The predicted octanol–water partition coefficient (Wildman–Crippen LogP) is 0.573. The molecule has 0 bridgehead atoms. The van der Waals surface area contributed by atoms with Crippen molar-refractivity contribution in [2.24, 2.45) is 11.7 Å². The summed E-state index contributed by atoms with van der Waals surface area (Å²) in [5, 5.41) is 13.7. The van der Waals surface area contributed by atoms with Gasteiger partial charge in [-0.1, -0.05) is 19.3 Å². The van der Waals surface area contributed by atoms with Crippen molar-refractivity contribution < 1.29 is 8.42 Å². The lowest BCUT2D eigenvalue weighted by molar-refractivity contribution is 0.328. The second kappa shape index (κ2) is 5.70. The lowest BCUT2D eigenvalue weighted by Gasteiger charge is -2.29. The molecular weight excluding hydrogens is 266 g/mol. The third kappa shape index (κ3) is 3.32. The smallest absolute Gasteiger partial charge is 0.244 e. The molecule has 5 N–H and O–H groups in total. The van der Waals surface area contributed by atoms with Crippen molar-refractivity contribution in [3.05, 3.63) is 12.4 Å². The average Bonchev–Trinajstić information content (AvgIpc) is 2.91. The zero-order valence-electron chi connectivity index (χ0n) is 10.6. The Kier molecular flexibility index (Phi) is 4.20. The van der Waals surface area contributed by atoms with Gasteiger partial charge in [-0.15, -0.1) is 0 Å². The van der Waals surface area contributed by atoms with Gasteiger partial charge < -0.3 is 5.73 Å². The first-order chi connectivity index (χ1) is 9.00. The molecule has 0 saturated heterocycles. The third-order valence-corrected chi connectivity index (χ3v) is 4.93. The van der Waals surface area contributed by atoms with Crippen molar-refractivity contribution in [1.29, 1.82) is 5.41 Å². The van der Waals surface area contributed by atoms with Crippen LogP contribution in [0.4, 0.5) is 0 Å². The summed E-state index contributed by atoms with van der Waals surface area (Å²) in [6, 6.07) is -0.625. The van der Waals surface area contributed by atoms with Gasteiger partial charge in [-0.3, -0.25) is 10.5 Å². The number of nitrogens with two attached hydrogens (primary N) is 1. The Bertz CT molecular complexity index is 519. The standard InChI is InChI=1S/C11H19N5O2S/c12-11(13)10(8-4-2-1-3-5-8)16-19(17,18)9-6-14-15-7-9/h6-8,10,16H,1-5H2,(H3,12,13)(H,14,15). The van der Waals surface area contributed by atoms with Crippen molar-refractivity contribution in [3.63, 3.8) is 0 Å². The number of aromatic nitrogens is 2. The van der Waals surface area contributed by atoms with E-state index in [1.807, 2.05) is 0 Å². The molecule has 0 amide bonds. The van der Waals surface area contributed by atoms with Crippen molar-refractivity contribution in [3.8, 4) is 0 Å². The number of H-pyrrole nitrogens is 1. The van der Waals surface area contributed by atoms with Gasteiger partial charge in [-0.05, 0) is 18.8 Å². The number of hydrogen-bond donors (Lipinski definition) is 4. The molecule has 1 heterocycles. The summed E-state index contributed by atoms with van der Waals surface area (Å²) < 4.78 is 26.8. The van der Waals surface area contributed by atoms with Gasteiger partial charge in [-0.2, -0.15) is 5.10 Å². The monoisotopic (exact) mass is 285 g/mol. The second-order valence-electron chi connectivity index (χ2n) is 4.89. The van der Waals surface area contributed by atoms with E-state index in [0.717, 1.165) is 32.1 Å². The minimum Gasteiger partial charge on any atom is -0.386 e. The molecule has 1 unspecified atom stereocenters. The van der Waals surface area contributed by atoms with Gasteiger partial charge in [0.2, 0.25) is 10.0 Å². The first-order valence-corrected chi connectivity index (χ1v) is 7.84. The minimum atomic E-state index is -3.68. The summed E-state index contributed by atoms with van der Waals surface area (Å²) in [6.07, 6.45) is 7.62. The van der Waals surface area contributed by atoms with E-state index in [1.54, 1.807) is 0 Å². The van der Waals surface area contributed by atoms with E-state index in [4.69, 9.17) is 11.1 Å². The molecule has 0 aliphatic heterocycles. The number of hydrogen-bond acceptors (Lipinski definition) is 4. The molecular formula is C11H19N5O2S. The Hall–Kier alpha value is -1.41. The quantitative estimate of drug-likeness (QED) is 0.466. The fraction of sp³-hybridized carbons (Fsp3) is 0.636. The maximum Gasteiger partial charge on any atom is 0.244 e. The van der Waals surface area contributed by atoms with Crippen molar-refractivity contribution in [1.82, 2.24) is 14.9 Å². The Balaban J connectivity index is 2.15. The summed E-state index contributed by atoms with van der Waals surface area (Å²) in [6.45, 7) is 0. The van der Waals surface area contributed by atoms with Crippen LogP contribution in [-0.4, -0.2) is 30.5 Å². The molecule has 1 aliphatic rings. The van der Waals surface area contributed by atoms with Crippen LogP contribution in [0.3, 0.4) is 0 Å². The molecule has 19 heavy (non-hydrogen) atoms. The molecule has 0 radical (unpaired) electrons. The Morgan fingerprint density at radius 2 is 2.16 bits per heavy atom. The molecule has 1 saturated carbocycles. The number of aromatic amines is 1. The molecule has 7 nitrogen and oxygen atoms in total. The van der Waals surface area contributed by atoms with Crippen LogP contribution in [0.1, 0.15) is 32.1 Å². The van der Waals surface area contributed by atoms with Gasteiger partial charge in [0.05, 0.1) is 12.2 Å². The van der Waals surface area contributed by atoms with Gasteiger partial charge in [0.1, 0.15) is 10.7 Å². The number of sulfonamides is 1. The van der Waals surface area contributed by atoms with E-state index in [0.29, 0.717) is 0 Å². The van der Waals surface area contributed by atoms with Crippen LogP contribution in [0.15, 0.2) is 17.3 Å². The van der Waals surface area contributed by atoms with Crippen LogP contribution in [-0.2, 0) is 10.0 Å². The topological polar surface area (TPSA) is 125 Å². The molecule has 1 atom stereocenters. The molecule has 2 rings (SSSR count). The van der Waals surface area contributed by atoms with Crippen molar-refractivity contribution in [2.45, 2.75) is 43.0 Å². The van der Waals surface area contributed by atoms with Gasteiger partial charge in [0, 0.05) is 6.20 Å². The van der Waals surface area contributed by atoms with E-state index in [-0.39, 0.29) is 16.6 Å². The Morgan fingerprint density at radius 3 is 2.68 bits per heavy atom. The number of nitrogens with one attached hydrogen (secondary N) is 3. The Labute approximate surface area is 112 Å². The highest BCUT2D eigenvalue weighted by Gasteiger charge is 2.30. The summed E-state index contributed by atoms with van der Waals surface area (Å²) in [7, 11) is -3.68. The third-order valence-electron chi connectivity index (χ3n) is 3.52. The van der Waals surface area contributed by atoms with Crippen molar-refractivity contribution >= 4 is 15.9 Å². The molecule has 106 valence electrons. The average molecular weight is 285 g/mol. The molecule has 1 fully saturated rings. The van der Waals surface area contributed by atoms with Gasteiger partial charge >= 0.3 is 0 Å².